The van der Waals surface area contributed by atoms with E-state index < -0.39 is 22.0 Å². The molecule has 2 heterocycles. The number of hydrogen-bond acceptors (Lipinski definition) is 6. The number of carbonyl (C=O) groups is 2. The molecule has 9 nitrogen and oxygen atoms in total. The Labute approximate surface area is 200 Å². The lowest BCUT2D eigenvalue weighted by Gasteiger charge is -2.43. The molecule has 1 aromatic heterocycles. The molecule has 3 N–H and O–H groups in total. The smallest absolute Gasteiger partial charge is 0.244 e. The summed E-state index contributed by atoms with van der Waals surface area (Å²) in [6.07, 6.45) is 6.46. The van der Waals surface area contributed by atoms with E-state index in [9.17, 15) is 18.0 Å². The second kappa shape index (κ2) is 10.6. The lowest BCUT2D eigenvalue weighted by Crippen LogP contribution is -2.56. The topological polar surface area (TPSA) is 126 Å². The summed E-state index contributed by atoms with van der Waals surface area (Å²) in [5.41, 5.74) is 6.25. The van der Waals surface area contributed by atoms with Gasteiger partial charge < -0.3 is 11.1 Å². The summed E-state index contributed by atoms with van der Waals surface area (Å²) >= 11 is 0. The van der Waals surface area contributed by atoms with Crippen molar-refractivity contribution in [1.82, 2.24) is 19.5 Å². The molecule has 1 aliphatic heterocycles. The van der Waals surface area contributed by atoms with E-state index in [1.54, 1.807) is 42.6 Å². The third-order valence-electron chi connectivity index (χ3n) is 6.78. The number of aromatic nitrogens is 1. The van der Waals surface area contributed by atoms with Gasteiger partial charge in [0.2, 0.25) is 21.8 Å². The van der Waals surface area contributed by atoms with Crippen molar-refractivity contribution in [3.63, 3.8) is 0 Å². The Balaban J connectivity index is 1.42. The van der Waals surface area contributed by atoms with E-state index >= 15 is 0 Å². The summed E-state index contributed by atoms with van der Waals surface area (Å²) in [5.74, 6) is -1.05. The van der Waals surface area contributed by atoms with Gasteiger partial charge in [-0.15, -0.1) is 0 Å². The molecule has 1 saturated heterocycles. The third kappa shape index (κ3) is 5.29. The first-order valence-electron chi connectivity index (χ1n) is 11.7. The number of amides is 2. The van der Waals surface area contributed by atoms with Crippen LogP contribution in [0.3, 0.4) is 0 Å². The van der Waals surface area contributed by atoms with Crippen molar-refractivity contribution < 1.29 is 18.0 Å². The summed E-state index contributed by atoms with van der Waals surface area (Å²) in [7, 11) is -3.59. The van der Waals surface area contributed by atoms with Crippen molar-refractivity contribution in [1.29, 1.82) is 0 Å². The monoisotopic (exact) mass is 485 g/mol. The molecule has 1 saturated carbocycles. The molecule has 2 aliphatic rings. The molecule has 10 heteroatoms. The molecule has 2 amide bonds. The Hall–Kier alpha value is -2.82. The normalized spacial score (nSPS) is 23.2. The zero-order chi connectivity index (χ0) is 24.1. The maximum Gasteiger partial charge on any atom is 0.244 e. The fourth-order valence-corrected chi connectivity index (χ4v) is 6.38. The lowest BCUT2D eigenvalue weighted by molar-refractivity contribution is -0.133. The first-order chi connectivity index (χ1) is 16.4. The number of hydrogen-bond donors (Lipinski definition) is 2. The van der Waals surface area contributed by atoms with Gasteiger partial charge in [-0.1, -0.05) is 43.2 Å². The highest BCUT2D eigenvalue weighted by Crippen LogP contribution is 2.31. The van der Waals surface area contributed by atoms with E-state index in [0.29, 0.717) is 31.7 Å². The highest BCUT2D eigenvalue weighted by atomic mass is 32.2. The van der Waals surface area contributed by atoms with Gasteiger partial charge in [0.15, 0.2) is 0 Å². The van der Waals surface area contributed by atoms with Crippen molar-refractivity contribution in [2.45, 2.75) is 42.7 Å². The number of piperazine rings is 1. The zero-order valence-electron chi connectivity index (χ0n) is 19.0. The van der Waals surface area contributed by atoms with Gasteiger partial charge in [-0.3, -0.25) is 19.5 Å². The number of nitrogens with two attached hydrogens (primary N) is 1. The zero-order valence-corrected chi connectivity index (χ0v) is 19.9. The van der Waals surface area contributed by atoms with Gasteiger partial charge in [0.1, 0.15) is 10.9 Å². The minimum absolute atomic E-state index is 0.00120. The molecule has 0 bridgehead atoms. The molecular formula is C24H31N5O4S. The summed E-state index contributed by atoms with van der Waals surface area (Å²) < 4.78 is 27.3. The summed E-state index contributed by atoms with van der Waals surface area (Å²) in [5, 5.41) is 2.87. The van der Waals surface area contributed by atoms with Gasteiger partial charge in [0.25, 0.3) is 0 Å². The van der Waals surface area contributed by atoms with E-state index in [1.807, 2.05) is 6.07 Å². The number of nitrogens with one attached hydrogen (secondary N) is 1. The molecule has 1 aliphatic carbocycles. The standard InChI is InChI=1S/C24H31N5O4S/c25-23(30)22(18-7-2-1-3-8-18)27-24(31)20-10-4-5-11-21(20)28-13-15-29(16-14-28)34(32,33)19-9-6-12-26-17-19/h1-3,6-9,12,17,20-22H,4-5,10-11,13-16H2,(H2,25,30)(H,27,31)/t20-,21-,22-/m0/s1. The summed E-state index contributed by atoms with van der Waals surface area (Å²) in [6.45, 7) is 1.81. The second-order valence-electron chi connectivity index (χ2n) is 8.84. The van der Waals surface area contributed by atoms with Gasteiger partial charge in [-0.05, 0) is 30.5 Å². The first kappa shape index (κ1) is 24.3. The molecule has 34 heavy (non-hydrogen) atoms. The Bertz CT molecular complexity index is 1090. The van der Waals surface area contributed by atoms with E-state index in [-0.39, 0.29) is 22.8 Å². The predicted molar refractivity (Wildman–Crippen MR) is 127 cm³/mol. The molecule has 0 radical (unpaired) electrons. The fourth-order valence-electron chi connectivity index (χ4n) is 4.99. The fraction of sp³-hybridized carbons (Fsp3) is 0.458. The molecule has 4 rings (SSSR count). The van der Waals surface area contributed by atoms with Crippen molar-refractivity contribution in [3.8, 4) is 0 Å². The average molecular weight is 486 g/mol. The molecule has 2 aromatic rings. The Morgan fingerprint density at radius 1 is 1.00 bits per heavy atom. The van der Waals surface area contributed by atoms with Crippen molar-refractivity contribution >= 4 is 21.8 Å². The quantitative estimate of drug-likeness (QED) is 0.609. The molecule has 1 aromatic carbocycles. The molecule has 3 atom stereocenters. The highest BCUT2D eigenvalue weighted by Gasteiger charge is 2.39. The Kier molecular flexibility index (Phi) is 7.60. The van der Waals surface area contributed by atoms with Gasteiger partial charge >= 0.3 is 0 Å². The number of primary amides is 1. The minimum atomic E-state index is -3.59. The minimum Gasteiger partial charge on any atom is -0.368 e. The average Bonchev–Trinajstić information content (AvgIpc) is 2.88. The Morgan fingerprint density at radius 3 is 2.35 bits per heavy atom. The van der Waals surface area contributed by atoms with Crippen molar-refractivity contribution in [2.75, 3.05) is 26.2 Å². The Morgan fingerprint density at radius 2 is 1.71 bits per heavy atom. The van der Waals surface area contributed by atoms with Crippen LogP contribution >= 0.6 is 0 Å². The largest absolute Gasteiger partial charge is 0.368 e. The number of pyridine rings is 1. The van der Waals surface area contributed by atoms with Crippen LogP contribution in [0.5, 0.6) is 0 Å². The predicted octanol–water partition coefficient (Wildman–Crippen LogP) is 1.29. The van der Waals surface area contributed by atoms with Gasteiger partial charge in [-0.2, -0.15) is 4.31 Å². The van der Waals surface area contributed by atoms with Crippen LogP contribution in [0.1, 0.15) is 37.3 Å². The van der Waals surface area contributed by atoms with E-state index in [0.717, 1.165) is 25.7 Å². The third-order valence-corrected chi connectivity index (χ3v) is 8.67. The van der Waals surface area contributed by atoms with Gasteiger partial charge in [-0.25, -0.2) is 8.42 Å². The van der Waals surface area contributed by atoms with Crippen molar-refractivity contribution in [2.24, 2.45) is 11.7 Å². The molecule has 2 fully saturated rings. The van der Waals surface area contributed by atoms with Crippen LogP contribution in [0.4, 0.5) is 0 Å². The number of nitrogens with zero attached hydrogens (tertiary/aromatic N) is 3. The lowest BCUT2D eigenvalue weighted by atomic mass is 9.82. The van der Waals surface area contributed by atoms with Crippen LogP contribution in [0.25, 0.3) is 0 Å². The van der Waals surface area contributed by atoms with E-state index in [4.69, 9.17) is 5.73 Å². The maximum absolute atomic E-state index is 13.3. The number of carbonyl (C=O) groups excluding carboxylic acids is 2. The highest BCUT2D eigenvalue weighted by molar-refractivity contribution is 7.89. The number of sulfonamides is 1. The van der Waals surface area contributed by atoms with Crippen molar-refractivity contribution in [3.05, 3.63) is 60.4 Å². The van der Waals surface area contributed by atoms with E-state index in [2.05, 4.69) is 15.2 Å². The van der Waals surface area contributed by atoms with Crippen LogP contribution < -0.4 is 11.1 Å². The van der Waals surface area contributed by atoms with Crippen LogP contribution in [0.15, 0.2) is 59.8 Å². The first-order valence-corrected chi connectivity index (χ1v) is 13.1. The number of rotatable bonds is 7. The van der Waals surface area contributed by atoms with Gasteiger partial charge in [0.05, 0.1) is 5.92 Å². The van der Waals surface area contributed by atoms with Gasteiger partial charge in [0, 0.05) is 44.6 Å². The van der Waals surface area contributed by atoms with Crippen LogP contribution in [-0.2, 0) is 19.6 Å². The van der Waals surface area contributed by atoms with E-state index in [1.165, 1.54) is 10.5 Å². The summed E-state index contributed by atoms with van der Waals surface area (Å²) in [6, 6.07) is 11.3. The molecule has 0 spiro atoms. The maximum atomic E-state index is 13.3. The van der Waals surface area contributed by atoms with Crippen LogP contribution in [0, 0.1) is 5.92 Å². The number of benzene rings is 1. The second-order valence-corrected chi connectivity index (χ2v) is 10.8. The summed E-state index contributed by atoms with van der Waals surface area (Å²) in [4.78, 5) is 31.7. The molecular weight excluding hydrogens is 454 g/mol. The van der Waals surface area contributed by atoms with Crippen LogP contribution in [-0.4, -0.2) is 66.6 Å². The SMILES string of the molecule is NC(=O)[C@@H](NC(=O)[C@H]1CCCC[C@@H]1N1CCN(S(=O)(=O)c2cccnc2)CC1)c1ccccc1. The molecule has 182 valence electrons. The van der Waals surface area contributed by atoms with Crippen LogP contribution in [0.2, 0.25) is 0 Å². The molecule has 0 unspecified atom stereocenters.